The molecule has 8 heteroatoms. The van der Waals surface area contributed by atoms with Crippen molar-refractivity contribution >= 4 is 0 Å². The van der Waals surface area contributed by atoms with Crippen LogP contribution >= 0.6 is 0 Å². The average Bonchev–Trinajstić information content (AvgIpc) is 2.32. The normalized spacial score (nSPS) is 23.2. The largest absolute Gasteiger partial charge is 0.394 e. The molecule has 0 aliphatic carbocycles. The van der Waals surface area contributed by atoms with Crippen molar-refractivity contribution in [3.8, 4) is 0 Å². The van der Waals surface area contributed by atoms with E-state index in [2.05, 4.69) is 0 Å². The van der Waals surface area contributed by atoms with E-state index >= 15 is 0 Å². The molecule has 8 nitrogen and oxygen atoms in total. The molecule has 0 heterocycles. The molecule has 0 aromatic heterocycles. The Labute approximate surface area is 92.2 Å². The molecule has 0 rings (SSSR count). The number of nitrogens with two attached hydrogens (primary N) is 1. The lowest BCUT2D eigenvalue weighted by atomic mass is 9.96. The highest BCUT2D eigenvalue weighted by Crippen LogP contribution is 2.10. The summed E-state index contributed by atoms with van der Waals surface area (Å²) in [4.78, 5) is 0. The molecule has 6 atom stereocenters. The van der Waals surface area contributed by atoms with E-state index in [0.717, 1.165) is 0 Å². The Hall–Kier alpha value is -0.320. The number of hydrogen-bond donors (Lipinski definition) is 8. The van der Waals surface area contributed by atoms with Crippen molar-refractivity contribution in [2.75, 3.05) is 13.2 Å². The maximum atomic E-state index is 9.33. The second-order valence-electron chi connectivity index (χ2n) is 3.52. The van der Waals surface area contributed by atoms with Crippen molar-refractivity contribution < 1.29 is 35.7 Å². The molecular formula is C8H19NO7. The summed E-state index contributed by atoms with van der Waals surface area (Å²) in [5, 5.41) is 63.7. The van der Waals surface area contributed by atoms with E-state index in [1.807, 2.05) is 0 Å². The topological polar surface area (TPSA) is 168 Å². The van der Waals surface area contributed by atoms with Gasteiger partial charge >= 0.3 is 0 Å². The van der Waals surface area contributed by atoms with Gasteiger partial charge in [-0.15, -0.1) is 0 Å². The van der Waals surface area contributed by atoms with Crippen LogP contribution in [0.4, 0.5) is 0 Å². The van der Waals surface area contributed by atoms with E-state index < -0.39 is 43.2 Å². The zero-order chi connectivity index (χ0) is 12.9. The van der Waals surface area contributed by atoms with Gasteiger partial charge in [-0.2, -0.15) is 0 Å². The third kappa shape index (κ3) is 3.92. The number of aliphatic hydroxyl groups excluding tert-OH is 7. The lowest BCUT2D eigenvalue weighted by molar-refractivity contribution is -0.156. The van der Waals surface area contributed by atoms with Crippen LogP contribution < -0.4 is 5.73 Å². The molecule has 0 fully saturated rings. The molecular weight excluding hydrogens is 222 g/mol. The molecule has 9 N–H and O–H groups in total. The van der Waals surface area contributed by atoms with Gasteiger partial charge in [0.05, 0.1) is 12.7 Å². The fourth-order valence-corrected chi connectivity index (χ4v) is 1.11. The molecule has 0 aliphatic rings. The molecule has 0 unspecified atom stereocenters. The zero-order valence-corrected chi connectivity index (χ0v) is 8.59. The summed E-state index contributed by atoms with van der Waals surface area (Å²) in [7, 11) is 0. The molecule has 0 amide bonds. The highest BCUT2D eigenvalue weighted by molar-refractivity contribution is 4.87. The first-order valence-corrected chi connectivity index (χ1v) is 4.76. The SMILES string of the molecule is NC[C@H](O)[C@@H](O)[C@H](O)[C@@H](O)[C@H](O)[C@H](O)CO. The Morgan fingerprint density at radius 2 is 1.06 bits per heavy atom. The first kappa shape index (κ1) is 15.7. The molecule has 0 aliphatic heterocycles. The van der Waals surface area contributed by atoms with E-state index in [1.165, 1.54) is 0 Å². The summed E-state index contributed by atoms with van der Waals surface area (Å²) in [5.74, 6) is 0. The fourth-order valence-electron chi connectivity index (χ4n) is 1.11. The van der Waals surface area contributed by atoms with Gasteiger partial charge in [0.2, 0.25) is 0 Å². The Morgan fingerprint density at radius 3 is 1.38 bits per heavy atom. The highest BCUT2D eigenvalue weighted by Gasteiger charge is 2.36. The van der Waals surface area contributed by atoms with Gasteiger partial charge in [-0.3, -0.25) is 0 Å². The maximum Gasteiger partial charge on any atom is 0.111 e. The molecule has 16 heavy (non-hydrogen) atoms. The maximum absolute atomic E-state index is 9.33. The van der Waals surface area contributed by atoms with Crippen molar-refractivity contribution in [3.63, 3.8) is 0 Å². The second-order valence-corrected chi connectivity index (χ2v) is 3.52. The number of hydrogen-bond acceptors (Lipinski definition) is 8. The quantitative estimate of drug-likeness (QED) is 0.219. The van der Waals surface area contributed by atoms with E-state index in [9.17, 15) is 20.4 Å². The van der Waals surface area contributed by atoms with Gasteiger partial charge < -0.3 is 41.5 Å². The third-order valence-corrected chi connectivity index (χ3v) is 2.27. The second kappa shape index (κ2) is 7.09. The molecule has 0 aromatic rings. The van der Waals surface area contributed by atoms with Crippen molar-refractivity contribution in [3.05, 3.63) is 0 Å². The molecule has 0 bridgehead atoms. The van der Waals surface area contributed by atoms with E-state index in [1.54, 1.807) is 0 Å². The average molecular weight is 241 g/mol. The monoisotopic (exact) mass is 241 g/mol. The summed E-state index contributed by atoms with van der Waals surface area (Å²) in [6.07, 6.45) is -10.6. The summed E-state index contributed by atoms with van der Waals surface area (Å²) in [6, 6.07) is 0. The molecule has 98 valence electrons. The van der Waals surface area contributed by atoms with E-state index in [4.69, 9.17) is 21.1 Å². The smallest absolute Gasteiger partial charge is 0.111 e. The molecule has 0 spiro atoms. The van der Waals surface area contributed by atoms with Gasteiger partial charge in [0.1, 0.15) is 30.5 Å². The van der Waals surface area contributed by atoms with Gasteiger partial charge in [0.15, 0.2) is 0 Å². The fraction of sp³-hybridized carbons (Fsp3) is 1.00. The Balaban J connectivity index is 4.41. The molecule has 0 aromatic carbocycles. The molecule has 0 saturated carbocycles. The van der Waals surface area contributed by atoms with Crippen molar-refractivity contribution in [1.82, 2.24) is 0 Å². The van der Waals surface area contributed by atoms with Crippen LogP contribution in [0.3, 0.4) is 0 Å². The molecule has 0 saturated heterocycles. The van der Waals surface area contributed by atoms with Crippen LogP contribution in [0.25, 0.3) is 0 Å². The van der Waals surface area contributed by atoms with Crippen molar-refractivity contribution in [2.24, 2.45) is 5.73 Å². The Morgan fingerprint density at radius 1 is 0.688 bits per heavy atom. The van der Waals surface area contributed by atoms with Gasteiger partial charge in [0.25, 0.3) is 0 Å². The first-order chi connectivity index (χ1) is 7.36. The van der Waals surface area contributed by atoms with Gasteiger partial charge in [0, 0.05) is 6.54 Å². The Kier molecular flexibility index (Phi) is 6.95. The van der Waals surface area contributed by atoms with Crippen LogP contribution in [0.2, 0.25) is 0 Å². The standard InChI is InChI=1S/C8H19NO7/c9-1-3(11)5(13)7(15)8(16)6(14)4(12)2-10/h3-8,10-16H,1-2,9H2/t3-,4+,5+,6+,7-,8-/m0/s1. The molecule has 0 radical (unpaired) electrons. The number of rotatable bonds is 7. The third-order valence-electron chi connectivity index (χ3n) is 2.27. The van der Waals surface area contributed by atoms with Crippen LogP contribution in [0, 0.1) is 0 Å². The summed E-state index contributed by atoms with van der Waals surface area (Å²) >= 11 is 0. The van der Waals surface area contributed by atoms with Crippen molar-refractivity contribution in [2.45, 2.75) is 36.6 Å². The lowest BCUT2D eigenvalue weighted by Gasteiger charge is -2.30. The van der Waals surface area contributed by atoms with Gasteiger partial charge in [-0.25, -0.2) is 0 Å². The Bertz CT molecular complexity index is 173. The summed E-state index contributed by atoms with van der Waals surface area (Å²) in [5.41, 5.74) is 5.02. The van der Waals surface area contributed by atoms with Crippen LogP contribution in [0.5, 0.6) is 0 Å². The van der Waals surface area contributed by atoms with E-state index in [0.29, 0.717) is 0 Å². The summed E-state index contributed by atoms with van der Waals surface area (Å²) < 4.78 is 0. The minimum Gasteiger partial charge on any atom is -0.394 e. The van der Waals surface area contributed by atoms with Crippen molar-refractivity contribution in [1.29, 1.82) is 0 Å². The lowest BCUT2D eigenvalue weighted by Crippen LogP contribution is -2.53. The zero-order valence-electron chi connectivity index (χ0n) is 8.59. The van der Waals surface area contributed by atoms with Crippen LogP contribution in [0.15, 0.2) is 0 Å². The minimum atomic E-state index is -1.92. The summed E-state index contributed by atoms with van der Waals surface area (Å²) in [6.45, 7) is -1.16. The predicted octanol–water partition coefficient (Wildman–Crippen LogP) is -4.90. The highest BCUT2D eigenvalue weighted by atomic mass is 16.4. The van der Waals surface area contributed by atoms with Crippen LogP contribution in [-0.2, 0) is 0 Å². The van der Waals surface area contributed by atoms with Gasteiger partial charge in [-0.1, -0.05) is 0 Å². The minimum absolute atomic E-state index is 0.344. The van der Waals surface area contributed by atoms with Crippen LogP contribution in [0.1, 0.15) is 0 Å². The van der Waals surface area contributed by atoms with Gasteiger partial charge in [-0.05, 0) is 0 Å². The van der Waals surface area contributed by atoms with Crippen LogP contribution in [-0.4, -0.2) is 85.5 Å². The number of aliphatic hydroxyl groups is 7. The van der Waals surface area contributed by atoms with E-state index in [-0.39, 0.29) is 6.54 Å². The first-order valence-electron chi connectivity index (χ1n) is 4.76. The predicted molar refractivity (Wildman–Crippen MR) is 52.2 cm³/mol.